The summed E-state index contributed by atoms with van der Waals surface area (Å²) in [7, 11) is 0. The molecule has 2 heteroatoms. The topological polar surface area (TPSA) is 9.23 Å². The number of ether oxygens (including phenoxy) is 1. The van der Waals surface area contributed by atoms with E-state index in [-0.39, 0.29) is 0 Å². The summed E-state index contributed by atoms with van der Waals surface area (Å²) in [6, 6.07) is 8.14. The Labute approximate surface area is 70.8 Å². The van der Waals surface area contributed by atoms with E-state index in [0.717, 1.165) is 17.9 Å². The van der Waals surface area contributed by atoms with Gasteiger partial charge in [-0.05, 0) is 18.6 Å². The first kappa shape index (κ1) is 7.04. The molecule has 1 nitrogen and oxygen atoms in total. The van der Waals surface area contributed by atoms with Crippen molar-refractivity contribution in [3.63, 3.8) is 0 Å². The van der Waals surface area contributed by atoms with Crippen LogP contribution >= 0.6 is 11.8 Å². The molecule has 57 valence electrons. The summed E-state index contributed by atoms with van der Waals surface area (Å²) < 4.78 is 5.40. The Kier molecular flexibility index (Phi) is 2.04. The van der Waals surface area contributed by atoms with Crippen molar-refractivity contribution in [3.8, 4) is 5.75 Å². The van der Waals surface area contributed by atoms with Crippen LogP contribution in [0.15, 0.2) is 29.2 Å². The van der Waals surface area contributed by atoms with Gasteiger partial charge in [-0.25, -0.2) is 0 Å². The highest BCUT2D eigenvalue weighted by atomic mass is 32.2. The Morgan fingerprint density at radius 1 is 1.27 bits per heavy atom. The van der Waals surface area contributed by atoms with Crippen molar-refractivity contribution in [3.05, 3.63) is 30.9 Å². The average Bonchev–Trinajstić information content (AvgIpc) is 2.28. The fourth-order valence-electron chi connectivity index (χ4n) is 1.03. The first-order valence-corrected chi connectivity index (χ1v) is 4.65. The maximum atomic E-state index is 5.40. The zero-order valence-electron chi connectivity index (χ0n) is 6.12. The van der Waals surface area contributed by atoms with Gasteiger partial charge in [0.1, 0.15) is 12.4 Å². The summed E-state index contributed by atoms with van der Waals surface area (Å²) in [6.07, 6.45) is 1.03. The lowest BCUT2D eigenvalue weighted by Crippen LogP contribution is -1.87. The van der Waals surface area contributed by atoms with Gasteiger partial charge in [0.15, 0.2) is 0 Å². The van der Waals surface area contributed by atoms with Gasteiger partial charge in [-0.2, -0.15) is 0 Å². The molecule has 0 aromatic heterocycles. The zero-order valence-corrected chi connectivity index (χ0v) is 6.93. The highest BCUT2D eigenvalue weighted by Gasteiger charge is 2.07. The maximum Gasteiger partial charge on any atom is 0.136 e. The van der Waals surface area contributed by atoms with Crippen LogP contribution in [0.4, 0.5) is 0 Å². The van der Waals surface area contributed by atoms with Crippen LogP contribution in [0, 0.1) is 6.61 Å². The molecule has 1 aromatic rings. The molecule has 1 heterocycles. The third-order valence-electron chi connectivity index (χ3n) is 1.55. The predicted molar refractivity (Wildman–Crippen MR) is 46.7 cm³/mol. The van der Waals surface area contributed by atoms with Crippen LogP contribution in [-0.4, -0.2) is 5.75 Å². The van der Waals surface area contributed by atoms with E-state index in [1.165, 1.54) is 4.90 Å². The Balaban J connectivity index is 2.33. The van der Waals surface area contributed by atoms with Gasteiger partial charge >= 0.3 is 0 Å². The minimum absolute atomic E-state index is 0.995. The van der Waals surface area contributed by atoms with Crippen LogP contribution in [0.25, 0.3) is 0 Å². The van der Waals surface area contributed by atoms with E-state index in [0.29, 0.717) is 0 Å². The van der Waals surface area contributed by atoms with E-state index in [4.69, 9.17) is 4.74 Å². The number of hydrogen-bond donors (Lipinski definition) is 0. The molecule has 0 saturated carbocycles. The third kappa shape index (κ3) is 1.51. The zero-order chi connectivity index (χ0) is 7.52. The molecule has 11 heavy (non-hydrogen) atoms. The molecule has 0 atom stereocenters. The Morgan fingerprint density at radius 3 is 3.18 bits per heavy atom. The first-order chi connectivity index (χ1) is 5.47. The molecule has 2 rings (SSSR count). The van der Waals surface area contributed by atoms with Gasteiger partial charge in [0.25, 0.3) is 0 Å². The summed E-state index contributed by atoms with van der Waals surface area (Å²) in [5.41, 5.74) is 0. The number of benzene rings is 1. The minimum atomic E-state index is 0.995. The van der Waals surface area contributed by atoms with Crippen LogP contribution in [0.2, 0.25) is 0 Å². The normalized spacial score (nSPS) is 16.4. The van der Waals surface area contributed by atoms with Crippen molar-refractivity contribution >= 4 is 11.8 Å². The van der Waals surface area contributed by atoms with Crippen LogP contribution in [0.1, 0.15) is 6.42 Å². The van der Waals surface area contributed by atoms with Crippen molar-refractivity contribution in [2.45, 2.75) is 11.3 Å². The van der Waals surface area contributed by atoms with Crippen LogP contribution in [0.3, 0.4) is 0 Å². The summed E-state index contributed by atoms with van der Waals surface area (Å²) in [4.78, 5) is 1.25. The molecular weight excluding hydrogens is 156 g/mol. The first-order valence-electron chi connectivity index (χ1n) is 3.67. The second kappa shape index (κ2) is 3.18. The molecule has 0 fully saturated rings. The van der Waals surface area contributed by atoms with Crippen molar-refractivity contribution in [1.82, 2.24) is 0 Å². The molecule has 1 aromatic carbocycles. The molecule has 0 unspecified atom stereocenters. The van der Waals surface area contributed by atoms with Gasteiger partial charge in [-0.3, -0.25) is 0 Å². The van der Waals surface area contributed by atoms with Crippen molar-refractivity contribution < 1.29 is 4.74 Å². The van der Waals surface area contributed by atoms with E-state index < -0.39 is 0 Å². The van der Waals surface area contributed by atoms with Gasteiger partial charge in [0, 0.05) is 10.6 Å². The molecule has 1 aliphatic heterocycles. The lowest BCUT2D eigenvalue weighted by atomic mass is 10.3. The van der Waals surface area contributed by atoms with Crippen LogP contribution in [-0.2, 0) is 0 Å². The number of thioether (sulfide) groups is 1. The Hall–Kier alpha value is -0.630. The van der Waals surface area contributed by atoms with Gasteiger partial charge in [-0.15, -0.1) is 11.8 Å². The van der Waals surface area contributed by atoms with Gasteiger partial charge in [0.2, 0.25) is 0 Å². The van der Waals surface area contributed by atoms with E-state index in [9.17, 15) is 0 Å². The molecule has 0 saturated heterocycles. The molecule has 1 aliphatic rings. The SMILES string of the molecule is [CH]1CCSc2ccccc2O1. The molecule has 0 bridgehead atoms. The quantitative estimate of drug-likeness (QED) is 0.584. The second-order valence-corrected chi connectivity index (χ2v) is 3.51. The minimum Gasteiger partial charge on any atom is -0.485 e. The van der Waals surface area contributed by atoms with Crippen LogP contribution in [0.5, 0.6) is 5.75 Å². The van der Waals surface area contributed by atoms with E-state index in [1.54, 1.807) is 0 Å². The van der Waals surface area contributed by atoms with E-state index >= 15 is 0 Å². The highest BCUT2D eigenvalue weighted by molar-refractivity contribution is 7.99. The highest BCUT2D eigenvalue weighted by Crippen LogP contribution is 2.32. The summed E-state index contributed by atoms with van der Waals surface area (Å²) in [5.74, 6) is 2.12. The monoisotopic (exact) mass is 165 g/mol. The number of fused-ring (bicyclic) bond motifs is 1. The predicted octanol–water partition coefficient (Wildman–Crippen LogP) is 2.72. The average molecular weight is 165 g/mol. The summed E-state index contributed by atoms with van der Waals surface area (Å²) >= 11 is 1.85. The summed E-state index contributed by atoms with van der Waals surface area (Å²) in [5, 5.41) is 0. The molecular formula is C9H9OS. The van der Waals surface area contributed by atoms with E-state index in [2.05, 4.69) is 6.07 Å². The number of rotatable bonds is 0. The van der Waals surface area contributed by atoms with Crippen LogP contribution < -0.4 is 4.74 Å². The molecule has 0 amide bonds. The lowest BCUT2D eigenvalue weighted by molar-refractivity contribution is 0.393. The molecule has 0 spiro atoms. The maximum absolute atomic E-state index is 5.40. The second-order valence-electron chi connectivity index (χ2n) is 2.37. The van der Waals surface area contributed by atoms with Gasteiger partial charge < -0.3 is 4.74 Å². The fraction of sp³-hybridized carbons (Fsp3) is 0.222. The van der Waals surface area contributed by atoms with Crippen molar-refractivity contribution in [2.75, 3.05) is 5.75 Å². The number of hydrogen-bond acceptors (Lipinski definition) is 2. The standard InChI is InChI=1S/C9H9OS/c1-2-5-9-8(4-1)10-6-3-7-11-9/h1-2,4-6H,3,7H2. The molecule has 0 aliphatic carbocycles. The smallest absolute Gasteiger partial charge is 0.136 e. The fourth-order valence-corrected chi connectivity index (χ4v) is 1.90. The Morgan fingerprint density at radius 2 is 2.18 bits per heavy atom. The van der Waals surface area contributed by atoms with Gasteiger partial charge in [-0.1, -0.05) is 12.1 Å². The Bertz CT molecular complexity index is 222. The van der Waals surface area contributed by atoms with Gasteiger partial charge in [0.05, 0.1) is 0 Å². The summed E-state index contributed by atoms with van der Waals surface area (Å²) in [6.45, 7) is 1.87. The molecule has 1 radical (unpaired) electrons. The lowest BCUT2D eigenvalue weighted by Gasteiger charge is -2.03. The number of para-hydroxylation sites is 1. The van der Waals surface area contributed by atoms with Crippen molar-refractivity contribution in [2.24, 2.45) is 0 Å². The largest absolute Gasteiger partial charge is 0.485 e. The third-order valence-corrected chi connectivity index (χ3v) is 2.64. The molecule has 0 N–H and O–H groups in total. The van der Waals surface area contributed by atoms with Crippen molar-refractivity contribution in [1.29, 1.82) is 0 Å². The van der Waals surface area contributed by atoms with E-state index in [1.807, 2.05) is 36.6 Å².